The fourth-order valence-electron chi connectivity index (χ4n) is 2.33. The van der Waals surface area contributed by atoms with Gasteiger partial charge in [-0.3, -0.25) is 4.79 Å². The highest BCUT2D eigenvalue weighted by atomic mass is 79.9. The summed E-state index contributed by atoms with van der Waals surface area (Å²) in [6.07, 6.45) is 9.30. The molecule has 0 aliphatic rings. The van der Waals surface area contributed by atoms with E-state index in [-0.39, 0.29) is 5.78 Å². The van der Waals surface area contributed by atoms with Gasteiger partial charge < -0.3 is 4.74 Å². The maximum absolute atomic E-state index is 12.1. The van der Waals surface area contributed by atoms with Crippen molar-refractivity contribution in [3.8, 4) is 5.75 Å². The second-order valence-electron chi connectivity index (χ2n) is 5.37. The number of unbranched alkanes of at least 4 members (excludes halogenated alkanes) is 6. The van der Waals surface area contributed by atoms with Crippen LogP contribution in [-0.4, -0.2) is 12.4 Å². The molecular formula is C18H27BrO2. The summed E-state index contributed by atoms with van der Waals surface area (Å²) >= 11 is 3.46. The standard InChI is InChI=1S/C18H27BrO2/c1-3-5-6-7-8-9-10-11-17(20)15-12-13-18(21-4-2)16(19)14-15/h12-14H,3-11H2,1-2H3. The van der Waals surface area contributed by atoms with Crippen LogP contribution in [0.5, 0.6) is 5.75 Å². The minimum atomic E-state index is 0.229. The van der Waals surface area contributed by atoms with E-state index in [2.05, 4.69) is 22.9 Å². The number of hydrogen-bond donors (Lipinski definition) is 0. The van der Waals surface area contributed by atoms with Crippen LogP contribution in [0.3, 0.4) is 0 Å². The summed E-state index contributed by atoms with van der Waals surface area (Å²) in [6.45, 7) is 4.81. The van der Waals surface area contributed by atoms with E-state index in [1.54, 1.807) is 0 Å². The van der Waals surface area contributed by atoms with Crippen molar-refractivity contribution >= 4 is 21.7 Å². The van der Waals surface area contributed by atoms with Crippen LogP contribution in [0.15, 0.2) is 22.7 Å². The van der Waals surface area contributed by atoms with E-state index in [9.17, 15) is 4.79 Å². The van der Waals surface area contributed by atoms with E-state index >= 15 is 0 Å². The largest absolute Gasteiger partial charge is 0.493 e. The lowest BCUT2D eigenvalue weighted by Gasteiger charge is -2.07. The van der Waals surface area contributed by atoms with Gasteiger partial charge in [0.1, 0.15) is 5.75 Å². The van der Waals surface area contributed by atoms with Crippen molar-refractivity contribution < 1.29 is 9.53 Å². The average molecular weight is 355 g/mol. The summed E-state index contributed by atoms with van der Waals surface area (Å²) in [5.41, 5.74) is 0.774. The third kappa shape index (κ3) is 7.12. The van der Waals surface area contributed by atoms with Gasteiger partial charge in [0.25, 0.3) is 0 Å². The molecule has 1 aromatic carbocycles. The van der Waals surface area contributed by atoms with Crippen molar-refractivity contribution in [2.24, 2.45) is 0 Å². The first-order valence-corrected chi connectivity index (χ1v) is 8.93. The molecule has 0 amide bonds. The minimum Gasteiger partial charge on any atom is -0.493 e. The van der Waals surface area contributed by atoms with Crippen molar-refractivity contribution in [3.63, 3.8) is 0 Å². The monoisotopic (exact) mass is 354 g/mol. The Morgan fingerprint density at radius 1 is 1.05 bits per heavy atom. The Kier molecular flexibility index (Phi) is 9.40. The average Bonchev–Trinajstić information content (AvgIpc) is 2.48. The molecule has 0 saturated carbocycles. The fourth-order valence-corrected chi connectivity index (χ4v) is 2.83. The summed E-state index contributed by atoms with van der Waals surface area (Å²) in [7, 11) is 0. The first kappa shape index (κ1) is 18.2. The Bertz CT molecular complexity index is 429. The lowest BCUT2D eigenvalue weighted by molar-refractivity contribution is 0.0979. The highest BCUT2D eigenvalue weighted by Crippen LogP contribution is 2.26. The summed E-state index contributed by atoms with van der Waals surface area (Å²) in [6, 6.07) is 5.60. The number of benzene rings is 1. The van der Waals surface area contributed by atoms with Crippen LogP contribution in [0.1, 0.15) is 75.6 Å². The van der Waals surface area contributed by atoms with Crippen molar-refractivity contribution in [2.45, 2.75) is 65.2 Å². The molecule has 0 heterocycles. The van der Waals surface area contributed by atoms with Gasteiger partial charge in [0.2, 0.25) is 0 Å². The molecule has 0 saturated heterocycles. The van der Waals surface area contributed by atoms with Crippen LogP contribution < -0.4 is 4.74 Å². The topological polar surface area (TPSA) is 26.3 Å². The van der Waals surface area contributed by atoms with Gasteiger partial charge in [-0.2, -0.15) is 0 Å². The number of ketones is 1. The normalized spacial score (nSPS) is 10.6. The van der Waals surface area contributed by atoms with E-state index in [0.29, 0.717) is 13.0 Å². The van der Waals surface area contributed by atoms with Crippen molar-refractivity contribution in [3.05, 3.63) is 28.2 Å². The number of halogens is 1. The molecule has 1 aromatic rings. The van der Waals surface area contributed by atoms with Crippen molar-refractivity contribution in [1.29, 1.82) is 0 Å². The molecule has 0 spiro atoms. The smallest absolute Gasteiger partial charge is 0.162 e. The summed E-state index contributed by atoms with van der Waals surface area (Å²) in [5.74, 6) is 1.03. The lowest BCUT2D eigenvalue weighted by Crippen LogP contribution is -2.00. The van der Waals surface area contributed by atoms with Gasteiger partial charge in [0.05, 0.1) is 11.1 Å². The van der Waals surface area contributed by atoms with Gasteiger partial charge >= 0.3 is 0 Å². The van der Waals surface area contributed by atoms with Crippen LogP contribution in [-0.2, 0) is 0 Å². The van der Waals surface area contributed by atoms with Crippen LogP contribution in [0.4, 0.5) is 0 Å². The third-order valence-electron chi connectivity index (χ3n) is 3.56. The van der Waals surface area contributed by atoms with Crippen molar-refractivity contribution in [2.75, 3.05) is 6.61 Å². The number of carbonyl (C=O) groups is 1. The molecule has 1 rings (SSSR count). The van der Waals surface area contributed by atoms with Gasteiger partial charge in [-0.25, -0.2) is 0 Å². The molecule has 0 unspecified atom stereocenters. The minimum absolute atomic E-state index is 0.229. The Morgan fingerprint density at radius 3 is 2.33 bits per heavy atom. The number of carbonyl (C=O) groups excluding carboxylic acids is 1. The highest BCUT2D eigenvalue weighted by molar-refractivity contribution is 9.10. The van der Waals surface area contributed by atoms with Crippen LogP contribution in [0.25, 0.3) is 0 Å². The second-order valence-corrected chi connectivity index (χ2v) is 6.23. The second kappa shape index (κ2) is 10.8. The summed E-state index contributed by atoms with van der Waals surface area (Å²) in [4.78, 5) is 12.1. The first-order chi connectivity index (χ1) is 10.2. The third-order valence-corrected chi connectivity index (χ3v) is 4.18. The van der Waals surface area contributed by atoms with Gasteiger partial charge in [-0.05, 0) is 47.5 Å². The van der Waals surface area contributed by atoms with E-state index in [4.69, 9.17) is 4.74 Å². The van der Waals surface area contributed by atoms with E-state index in [1.165, 1.54) is 32.1 Å². The lowest BCUT2D eigenvalue weighted by atomic mass is 10.0. The summed E-state index contributed by atoms with van der Waals surface area (Å²) in [5, 5.41) is 0. The van der Waals surface area contributed by atoms with Gasteiger partial charge in [-0.1, -0.05) is 45.4 Å². The maximum Gasteiger partial charge on any atom is 0.162 e. The van der Waals surface area contributed by atoms with E-state index < -0.39 is 0 Å². The molecule has 0 aliphatic carbocycles. The molecular weight excluding hydrogens is 328 g/mol. The zero-order valence-corrected chi connectivity index (χ0v) is 14.9. The Labute approximate surface area is 137 Å². The predicted octanol–water partition coefficient (Wildman–Crippen LogP) is 6.17. The Balaban J connectivity index is 2.30. The molecule has 3 heteroatoms. The Hall–Kier alpha value is -0.830. The van der Waals surface area contributed by atoms with Gasteiger partial charge in [0, 0.05) is 12.0 Å². The van der Waals surface area contributed by atoms with E-state index in [0.717, 1.165) is 28.6 Å². The number of ether oxygens (including phenoxy) is 1. The van der Waals surface area contributed by atoms with Gasteiger partial charge in [-0.15, -0.1) is 0 Å². The fraction of sp³-hybridized carbons (Fsp3) is 0.611. The Morgan fingerprint density at radius 2 is 1.71 bits per heavy atom. The quantitative estimate of drug-likeness (QED) is 0.350. The molecule has 118 valence electrons. The van der Waals surface area contributed by atoms with Crippen LogP contribution >= 0.6 is 15.9 Å². The zero-order chi connectivity index (χ0) is 15.5. The molecule has 0 aliphatic heterocycles. The first-order valence-electron chi connectivity index (χ1n) is 8.14. The molecule has 0 bridgehead atoms. The van der Waals surface area contributed by atoms with Gasteiger partial charge in [0.15, 0.2) is 5.78 Å². The van der Waals surface area contributed by atoms with Crippen LogP contribution in [0.2, 0.25) is 0 Å². The number of Topliss-reactive ketones (excluding diaryl/α,β-unsaturated/α-hetero) is 1. The molecule has 0 N–H and O–H groups in total. The van der Waals surface area contributed by atoms with Crippen molar-refractivity contribution in [1.82, 2.24) is 0 Å². The molecule has 0 atom stereocenters. The molecule has 2 nitrogen and oxygen atoms in total. The van der Waals surface area contributed by atoms with Crippen LogP contribution in [0, 0.1) is 0 Å². The summed E-state index contributed by atoms with van der Waals surface area (Å²) < 4.78 is 6.31. The molecule has 0 radical (unpaired) electrons. The SMILES string of the molecule is CCCCCCCCCC(=O)c1ccc(OCC)c(Br)c1. The molecule has 0 aromatic heterocycles. The molecule has 0 fully saturated rings. The number of rotatable bonds is 11. The maximum atomic E-state index is 12.1. The van der Waals surface area contributed by atoms with E-state index in [1.807, 2.05) is 25.1 Å². The molecule has 21 heavy (non-hydrogen) atoms. The predicted molar refractivity (Wildman–Crippen MR) is 92.3 cm³/mol. The highest BCUT2D eigenvalue weighted by Gasteiger charge is 2.09. The number of hydrogen-bond acceptors (Lipinski definition) is 2. The zero-order valence-electron chi connectivity index (χ0n) is 13.3.